The highest BCUT2D eigenvalue weighted by Crippen LogP contribution is 2.23. The second kappa shape index (κ2) is 6.01. The minimum absolute atomic E-state index is 0.0882. The van der Waals surface area contributed by atoms with Crippen LogP contribution < -0.4 is 5.32 Å². The van der Waals surface area contributed by atoms with E-state index in [0.29, 0.717) is 0 Å². The third kappa shape index (κ3) is 2.74. The molecule has 0 saturated heterocycles. The number of hydrogen-bond acceptors (Lipinski definition) is 6. The van der Waals surface area contributed by atoms with E-state index >= 15 is 0 Å². The van der Waals surface area contributed by atoms with Crippen LogP contribution in [0.5, 0.6) is 0 Å². The third-order valence-corrected chi connectivity index (χ3v) is 4.76. The Morgan fingerprint density at radius 2 is 1.92 bits per heavy atom. The van der Waals surface area contributed by atoms with Crippen molar-refractivity contribution in [3.8, 4) is 11.4 Å². The van der Waals surface area contributed by atoms with Gasteiger partial charge in [0.25, 0.3) is 0 Å². The van der Waals surface area contributed by atoms with Crippen molar-refractivity contribution in [2.24, 2.45) is 0 Å². The molecule has 0 saturated carbocycles. The number of aryl methyl sites for hydroxylation is 1. The topological polar surface area (TPSA) is 68.0 Å². The lowest BCUT2D eigenvalue weighted by Gasteiger charge is -2.12. The number of hydrogen-bond donors (Lipinski definition) is 1. The number of thiazole rings is 1. The van der Waals surface area contributed by atoms with Gasteiger partial charge in [-0.3, -0.25) is 0 Å². The standard InChI is InChI=1S/C17H16N6S/c1-11-10-18-17(24-11)12(2)19-14-8-9-15-20-21-16(23(15)22-14)13-6-4-3-5-7-13/h3-10,12H,1-2H3,(H,19,22). The number of rotatable bonds is 4. The first-order valence-electron chi connectivity index (χ1n) is 7.67. The first-order valence-corrected chi connectivity index (χ1v) is 8.49. The lowest BCUT2D eigenvalue weighted by Crippen LogP contribution is -2.09. The van der Waals surface area contributed by atoms with Gasteiger partial charge in [0.05, 0.1) is 6.04 Å². The van der Waals surface area contributed by atoms with Gasteiger partial charge < -0.3 is 5.32 Å². The Bertz CT molecular complexity index is 975. The van der Waals surface area contributed by atoms with E-state index in [2.05, 4.69) is 39.4 Å². The van der Waals surface area contributed by atoms with Crippen LogP contribution in [0.1, 0.15) is 22.9 Å². The van der Waals surface area contributed by atoms with E-state index in [9.17, 15) is 0 Å². The molecule has 1 N–H and O–H groups in total. The predicted molar refractivity (Wildman–Crippen MR) is 95.1 cm³/mol. The second-order valence-electron chi connectivity index (χ2n) is 5.55. The zero-order valence-electron chi connectivity index (χ0n) is 13.3. The van der Waals surface area contributed by atoms with Gasteiger partial charge in [-0.1, -0.05) is 30.3 Å². The second-order valence-corrected chi connectivity index (χ2v) is 6.82. The van der Waals surface area contributed by atoms with Gasteiger partial charge in [0, 0.05) is 16.6 Å². The summed E-state index contributed by atoms with van der Waals surface area (Å²) in [4.78, 5) is 5.63. The number of aromatic nitrogens is 5. The minimum Gasteiger partial charge on any atom is -0.360 e. The normalized spacial score (nSPS) is 12.4. The molecule has 120 valence electrons. The lowest BCUT2D eigenvalue weighted by molar-refractivity contribution is 0.837. The first-order chi connectivity index (χ1) is 11.7. The van der Waals surface area contributed by atoms with E-state index < -0.39 is 0 Å². The van der Waals surface area contributed by atoms with E-state index in [4.69, 9.17) is 0 Å². The highest BCUT2D eigenvalue weighted by molar-refractivity contribution is 7.11. The molecule has 24 heavy (non-hydrogen) atoms. The van der Waals surface area contributed by atoms with Crippen molar-refractivity contribution in [1.82, 2.24) is 24.8 Å². The Balaban J connectivity index is 1.67. The van der Waals surface area contributed by atoms with Crippen molar-refractivity contribution in [2.45, 2.75) is 19.9 Å². The van der Waals surface area contributed by atoms with Crippen LogP contribution in [-0.4, -0.2) is 24.8 Å². The SMILES string of the molecule is Cc1cnc(C(C)Nc2ccc3nnc(-c4ccccc4)n3n2)s1. The minimum atomic E-state index is 0.0882. The van der Waals surface area contributed by atoms with Crippen LogP contribution in [0.25, 0.3) is 17.0 Å². The van der Waals surface area contributed by atoms with Crippen molar-refractivity contribution >= 4 is 22.8 Å². The summed E-state index contributed by atoms with van der Waals surface area (Å²) in [5.41, 5.74) is 1.70. The van der Waals surface area contributed by atoms with Crippen molar-refractivity contribution in [3.05, 3.63) is 58.5 Å². The molecule has 0 aliphatic heterocycles. The van der Waals surface area contributed by atoms with Gasteiger partial charge in [-0.15, -0.1) is 26.6 Å². The number of fused-ring (bicyclic) bond motifs is 1. The molecule has 1 unspecified atom stereocenters. The van der Waals surface area contributed by atoms with E-state index in [1.54, 1.807) is 15.9 Å². The molecule has 3 heterocycles. The third-order valence-electron chi connectivity index (χ3n) is 3.67. The van der Waals surface area contributed by atoms with Crippen LogP contribution in [0, 0.1) is 6.92 Å². The zero-order valence-corrected chi connectivity index (χ0v) is 14.2. The molecule has 1 atom stereocenters. The summed E-state index contributed by atoms with van der Waals surface area (Å²) in [5.74, 6) is 1.49. The number of nitrogens with one attached hydrogen (secondary N) is 1. The molecule has 0 radical (unpaired) electrons. The maximum Gasteiger partial charge on any atom is 0.185 e. The fourth-order valence-corrected chi connectivity index (χ4v) is 3.27. The summed E-state index contributed by atoms with van der Waals surface area (Å²) in [6.07, 6.45) is 1.89. The molecule has 0 bridgehead atoms. The fourth-order valence-electron chi connectivity index (χ4n) is 2.49. The van der Waals surface area contributed by atoms with E-state index in [0.717, 1.165) is 27.9 Å². The average Bonchev–Trinajstić information content (AvgIpc) is 3.21. The maximum atomic E-state index is 4.64. The zero-order chi connectivity index (χ0) is 16.5. The Labute approximate surface area is 143 Å². The van der Waals surface area contributed by atoms with Gasteiger partial charge in [-0.2, -0.15) is 4.52 Å². The molecule has 0 aliphatic carbocycles. The smallest absolute Gasteiger partial charge is 0.185 e. The molecule has 4 rings (SSSR count). The Morgan fingerprint density at radius 3 is 2.67 bits per heavy atom. The number of benzene rings is 1. The average molecular weight is 336 g/mol. The van der Waals surface area contributed by atoms with Crippen LogP contribution >= 0.6 is 11.3 Å². The van der Waals surface area contributed by atoms with Gasteiger partial charge in [0.15, 0.2) is 11.5 Å². The molecular formula is C17H16N6S. The predicted octanol–water partition coefficient (Wildman–Crippen LogP) is 3.73. The highest BCUT2D eigenvalue weighted by Gasteiger charge is 2.13. The van der Waals surface area contributed by atoms with Gasteiger partial charge in [0.1, 0.15) is 10.8 Å². The summed E-state index contributed by atoms with van der Waals surface area (Å²) >= 11 is 1.69. The molecule has 7 heteroatoms. The van der Waals surface area contributed by atoms with Crippen molar-refractivity contribution in [1.29, 1.82) is 0 Å². The van der Waals surface area contributed by atoms with Crippen molar-refractivity contribution < 1.29 is 0 Å². The summed E-state index contributed by atoms with van der Waals surface area (Å²) in [6.45, 7) is 4.13. The molecule has 1 aromatic carbocycles. The Morgan fingerprint density at radius 1 is 1.08 bits per heavy atom. The van der Waals surface area contributed by atoms with Crippen LogP contribution in [0.4, 0.5) is 5.82 Å². The number of anilines is 1. The quantitative estimate of drug-likeness (QED) is 0.615. The van der Waals surface area contributed by atoms with Crippen LogP contribution in [-0.2, 0) is 0 Å². The van der Waals surface area contributed by atoms with Crippen LogP contribution in [0.2, 0.25) is 0 Å². The lowest BCUT2D eigenvalue weighted by atomic mass is 10.2. The summed E-state index contributed by atoms with van der Waals surface area (Å²) in [5, 5.41) is 17.5. The molecule has 0 aliphatic rings. The monoisotopic (exact) mass is 336 g/mol. The summed E-state index contributed by atoms with van der Waals surface area (Å²) < 4.78 is 1.76. The van der Waals surface area contributed by atoms with E-state index in [1.807, 2.05) is 48.7 Å². The molecule has 3 aromatic heterocycles. The molecular weight excluding hydrogens is 320 g/mol. The molecule has 0 fully saturated rings. The van der Waals surface area contributed by atoms with Crippen molar-refractivity contribution in [2.75, 3.05) is 5.32 Å². The first kappa shape index (κ1) is 14.8. The molecule has 6 nitrogen and oxygen atoms in total. The van der Waals surface area contributed by atoms with Gasteiger partial charge >= 0.3 is 0 Å². The molecule has 4 aromatic rings. The number of nitrogens with zero attached hydrogens (tertiary/aromatic N) is 5. The van der Waals surface area contributed by atoms with Crippen LogP contribution in [0.15, 0.2) is 48.7 Å². The molecule has 0 spiro atoms. The largest absolute Gasteiger partial charge is 0.360 e. The summed E-state index contributed by atoms with van der Waals surface area (Å²) in [7, 11) is 0. The van der Waals surface area contributed by atoms with Gasteiger partial charge in [0.2, 0.25) is 0 Å². The summed E-state index contributed by atoms with van der Waals surface area (Å²) in [6, 6.07) is 13.8. The van der Waals surface area contributed by atoms with E-state index in [1.165, 1.54) is 4.88 Å². The van der Waals surface area contributed by atoms with Crippen molar-refractivity contribution in [3.63, 3.8) is 0 Å². The highest BCUT2D eigenvalue weighted by atomic mass is 32.1. The van der Waals surface area contributed by atoms with Gasteiger partial charge in [-0.05, 0) is 26.0 Å². The Hall–Kier alpha value is -2.80. The molecule has 0 amide bonds. The van der Waals surface area contributed by atoms with Crippen LogP contribution in [0.3, 0.4) is 0 Å². The van der Waals surface area contributed by atoms with Gasteiger partial charge in [-0.25, -0.2) is 4.98 Å². The fraction of sp³-hybridized carbons (Fsp3) is 0.176. The van der Waals surface area contributed by atoms with E-state index in [-0.39, 0.29) is 6.04 Å². The Kier molecular flexibility index (Phi) is 3.70. The maximum absolute atomic E-state index is 4.64.